The molecule has 198 valence electrons. The molecule has 1 saturated heterocycles. The van der Waals surface area contributed by atoms with E-state index in [0.29, 0.717) is 13.2 Å². The molecule has 1 aliphatic heterocycles. The van der Waals surface area contributed by atoms with E-state index < -0.39 is 46.3 Å². The van der Waals surface area contributed by atoms with E-state index in [1.807, 2.05) is 0 Å². The Morgan fingerprint density at radius 2 is 1.97 bits per heavy atom. The SMILES string of the molecule is CS(=O)(=O)c1cc([C@@H]2CCCOC2)ccc1Nc1cc(NC(=O)[C@H]2CC2(F)F)nc2nc(C(F)F)[nH]c12. The fourth-order valence-corrected chi connectivity index (χ4v) is 5.20. The molecule has 2 atom stereocenters. The molecule has 14 heteroatoms. The highest BCUT2D eigenvalue weighted by Crippen LogP contribution is 2.49. The van der Waals surface area contributed by atoms with E-state index in [9.17, 15) is 30.8 Å². The van der Waals surface area contributed by atoms with Crippen molar-refractivity contribution in [1.82, 2.24) is 15.0 Å². The summed E-state index contributed by atoms with van der Waals surface area (Å²) >= 11 is 0. The summed E-state index contributed by atoms with van der Waals surface area (Å²) in [7, 11) is -3.74. The number of carbonyl (C=O) groups excluding carboxylic acids is 1. The zero-order valence-corrected chi connectivity index (χ0v) is 20.3. The Labute approximate surface area is 208 Å². The fourth-order valence-electron chi connectivity index (χ4n) is 4.33. The van der Waals surface area contributed by atoms with Gasteiger partial charge in [-0.15, -0.1) is 0 Å². The summed E-state index contributed by atoms with van der Waals surface area (Å²) in [6.07, 6.45) is -0.826. The molecule has 1 amide bonds. The van der Waals surface area contributed by atoms with Crippen molar-refractivity contribution >= 4 is 44.1 Å². The van der Waals surface area contributed by atoms with Crippen molar-refractivity contribution < 1.29 is 35.5 Å². The Morgan fingerprint density at radius 1 is 1.22 bits per heavy atom. The Hall–Kier alpha value is -3.26. The van der Waals surface area contributed by atoms with Gasteiger partial charge in [0.05, 0.1) is 22.9 Å². The third-order valence-corrected chi connectivity index (χ3v) is 7.52. The highest BCUT2D eigenvalue weighted by atomic mass is 32.2. The first-order valence-corrected chi connectivity index (χ1v) is 13.4. The molecular weight excluding hydrogens is 518 g/mol. The predicted molar refractivity (Wildman–Crippen MR) is 126 cm³/mol. The van der Waals surface area contributed by atoms with Crippen molar-refractivity contribution in [3.63, 3.8) is 0 Å². The number of imidazole rings is 1. The van der Waals surface area contributed by atoms with Crippen LogP contribution < -0.4 is 10.6 Å². The van der Waals surface area contributed by atoms with Crippen molar-refractivity contribution in [3.05, 3.63) is 35.7 Å². The molecule has 5 rings (SSSR count). The summed E-state index contributed by atoms with van der Waals surface area (Å²) < 4.78 is 84.1. The minimum absolute atomic E-state index is 0.0225. The summed E-state index contributed by atoms with van der Waals surface area (Å²) in [6.45, 7) is 1.11. The van der Waals surface area contributed by atoms with Crippen molar-refractivity contribution in [2.24, 2.45) is 5.92 Å². The molecule has 2 aromatic heterocycles. The van der Waals surface area contributed by atoms with E-state index >= 15 is 0 Å². The summed E-state index contributed by atoms with van der Waals surface area (Å²) in [5.74, 6) is -6.46. The number of fused-ring (bicyclic) bond motifs is 1. The first-order valence-electron chi connectivity index (χ1n) is 11.5. The zero-order chi connectivity index (χ0) is 26.5. The number of carbonyl (C=O) groups is 1. The van der Waals surface area contributed by atoms with E-state index in [1.165, 1.54) is 6.07 Å². The van der Waals surface area contributed by atoms with Gasteiger partial charge in [-0.2, -0.15) is 0 Å². The van der Waals surface area contributed by atoms with Gasteiger partial charge in [0.15, 0.2) is 21.3 Å². The maximum absolute atomic E-state index is 13.3. The van der Waals surface area contributed by atoms with Crippen LogP contribution in [0.1, 0.15) is 43.0 Å². The zero-order valence-electron chi connectivity index (χ0n) is 19.5. The van der Waals surface area contributed by atoms with Crippen LogP contribution in [-0.4, -0.2) is 54.7 Å². The molecule has 0 bridgehead atoms. The number of alkyl halides is 4. The minimum atomic E-state index is -3.74. The summed E-state index contributed by atoms with van der Waals surface area (Å²) in [5, 5.41) is 5.18. The molecule has 2 fully saturated rings. The third-order valence-electron chi connectivity index (χ3n) is 6.39. The number of hydrogen-bond acceptors (Lipinski definition) is 7. The highest BCUT2D eigenvalue weighted by Gasteiger charge is 2.61. The number of hydrogen-bond donors (Lipinski definition) is 3. The summed E-state index contributed by atoms with van der Waals surface area (Å²) in [4.78, 5) is 22.3. The second-order valence-electron chi connectivity index (χ2n) is 9.25. The molecular formula is C23H23F4N5O4S. The number of pyridine rings is 1. The molecule has 2 aliphatic rings. The lowest BCUT2D eigenvalue weighted by atomic mass is 9.93. The third kappa shape index (κ3) is 5.25. The van der Waals surface area contributed by atoms with Crippen LogP contribution in [0.3, 0.4) is 0 Å². The summed E-state index contributed by atoms with van der Waals surface area (Å²) in [5.41, 5.74) is 0.810. The van der Waals surface area contributed by atoms with Crippen molar-refractivity contribution in [2.45, 2.75) is 42.4 Å². The number of sulfone groups is 1. The monoisotopic (exact) mass is 541 g/mol. The quantitative estimate of drug-likeness (QED) is 0.375. The van der Waals surface area contributed by atoms with E-state index in [4.69, 9.17) is 4.74 Å². The lowest BCUT2D eigenvalue weighted by Gasteiger charge is -2.23. The molecule has 0 spiro atoms. The highest BCUT2D eigenvalue weighted by molar-refractivity contribution is 7.90. The van der Waals surface area contributed by atoms with Gasteiger partial charge in [0.2, 0.25) is 5.91 Å². The van der Waals surface area contributed by atoms with Gasteiger partial charge in [-0.25, -0.2) is 35.9 Å². The normalized spacial score (nSPS) is 21.2. The molecule has 3 N–H and O–H groups in total. The van der Waals surface area contributed by atoms with Crippen LogP contribution in [0.4, 0.5) is 34.8 Å². The average Bonchev–Trinajstić information content (AvgIpc) is 3.27. The van der Waals surface area contributed by atoms with Gasteiger partial charge in [0.1, 0.15) is 17.3 Å². The number of H-pyrrole nitrogens is 1. The number of amides is 1. The molecule has 1 aliphatic carbocycles. The van der Waals surface area contributed by atoms with Crippen LogP contribution >= 0.6 is 0 Å². The van der Waals surface area contributed by atoms with Gasteiger partial charge >= 0.3 is 0 Å². The van der Waals surface area contributed by atoms with Gasteiger partial charge < -0.3 is 20.4 Å². The van der Waals surface area contributed by atoms with Gasteiger partial charge in [-0.1, -0.05) is 6.07 Å². The maximum atomic E-state index is 13.3. The number of benzene rings is 1. The molecule has 0 radical (unpaired) electrons. The van der Waals surface area contributed by atoms with Crippen LogP contribution in [0.2, 0.25) is 0 Å². The lowest BCUT2D eigenvalue weighted by molar-refractivity contribution is -0.119. The van der Waals surface area contributed by atoms with Gasteiger partial charge in [-0.3, -0.25) is 4.79 Å². The lowest BCUT2D eigenvalue weighted by Crippen LogP contribution is -2.18. The van der Waals surface area contributed by atoms with E-state index in [0.717, 1.165) is 24.7 Å². The number of ether oxygens (including phenoxy) is 1. The average molecular weight is 542 g/mol. The van der Waals surface area contributed by atoms with Crippen LogP contribution in [0, 0.1) is 5.92 Å². The second kappa shape index (κ2) is 9.24. The van der Waals surface area contributed by atoms with Gasteiger partial charge in [0, 0.05) is 31.3 Å². The number of nitrogens with zero attached hydrogens (tertiary/aromatic N) is 2. The van der Waals surface area contributed by atoms with E-state index in [2.05, 4.69) is 25.6 Å². The molecule has 3 heterocycles. The van der Waals surface area contributed by atoms with Crippen LogP contribution in [0.15, 0.2) is 29.2 Å². The number of rotatable bonds is 7. The Balaban J connectivity index is 1.54. The maximum Gasteiger partial charge on any atom is 0.295 e. The number of aromatic nitrogens is 3. The second-order valence-corrected chi connectivity index (χ2v) is 11.2. The van der Waals surface area contributed by atoms with Crippen molar-refractivity contribution in [2.75, 3.05) is 30.1 Å². The molecule has 37 heavy (non-hydrogen) atoms. The smallest absolute Gasteiger partial charge is 0.295 e. The molecule has 1 saturated carbocycles. The van der Waals surface area contributed by atoms with Crippen LogP contribution in [0.5, 0.6) is 0 Å². The molecule has 3 aromatic rings. The first kappa shape index (κ1) is 25.4. The molecule has 9 nitrogen and oxygen atoms in total. The van der Waals surface area contributed by atoms with Crippen LogP contribution in [-0.2, 0) is 19.4 Å². The topological polar surface area (TPSA) is 126 Å². The number of nitrogens with one attached hydrogen (secondary N) is 3. The van der Waals surface area contributed by atoms with Crippen molar-refractivity contribution in [3.8, 4) is 0 Å². The number of aromatic amines is 1. The minimum Gasteiger partial charge on any atom is -0.381 e. The molecule has 0 unspecified atom stereocenters. The van der Waals surface area contributed by atoms with E-state index in [-0.39, 0.29) is 39.2 Å². The first-order chi connectivity index (χ1) is 17.4. The van der Waals surface area contributed by atoms with Crippen LogP contribution in [0.25, 0.3) is 11.2 Å². The Kier molecular flexibility index (Phi) is 6.34. The Morgan fingerprint density at radius 3 is 2.59 bits per heavy atom. The fraction of sp³-hybridized carbons (Fsp3) is 0.435. The van der Waals surface area contributed by atoms with Crippen molar-refractivity contribution in [1.29, 1.82) is 0 Å². The van der Waals surface area contributed by atoms with E-state index in [1.54, 1.807) is 18.2 Å². The van der Waals surface area contributed by atoms with Gasteiger partial charge in [0.25, 0.3) is 12.3 Å². The number of halogens is 4. The standard InChI is InChI=1S/C23H23F4N5O4S/c1-37(34,35)16-7-11(12-3-2-6-36-10-12)4-5-14(16)28-15-8-17(30-22(33)13-9-23(13,26)27)29-20-18(15)31-21(32-20)19(24)25/h4-5,7-8,12-13,19H,2-3,6,9-10H2,1H3,(H3,28,29,30,31,32,33)/t12-,13-/m1/s1. The largest absolute Gasteiger partial charge is 0.381 e. The van der Waals surface area contributed by atoms with Gasteiger partial charge in [-0.05, 0) is 30.5 Å². The summed E-state index contributed by atoms with van der Waals surface area (Å²) in [6, 6.07) is 6.10. The predicted octanol–water partition coefficient (Wildman–Crippen LogP) is 4.53. The molecule has 1 aromatic carbocycles. The Bertz CT molecular complexity index is 1470. The number of anilines is 3.